The number of rotatable bonds is 10. The molecule has 4 rings (SSSR count). The van der Waals surface area contributed by atoms with Crippen LogP contribution >= 0.6 is 0 Å². The van der Waals surface area contributed by atoms with E-state index >= 15 is 0 Å². The number of benzene rings is 3. The topological polar surface area (TPSA) is 94.4 Å². The predicted octanol–water partition coefficient (Wildman–Crippen LogP) is 4.81. The number of ether oxygens (including phenoxy) is 1. The number of amides is 2. The molecule has 2 amide bonds. The quantitative estimate of drug-likeness (QED) is 0.328. The molecule has 1 heterocycles. The van der Waals surface area contributed by atoms with Gasteiger partial charge in [-0.2, -0.15) is 0 Å². The fourth-order valence-corrected chi connectivity index (χ4v) is 3.92. The van der Waals surface area contributed by atoms with Crippen molar-refractivity contribution in [2.24, 2.45) is 7.05 Å². The number of nitrogens with one attached hydrogen (secondary N) is 2. The highest BCUT2D eigenvalue weighted by Gasteiger charge is 2.18. The van der Waals surface area contributed by atoms with Gasteiger partial charge in [-0.05, 0) is 55.3 Å². The molecule has 0 aliphatic rings. The van der Waals surface area contributed by atoms with E-state index in [1.165, 1.54) is 4.68 Å². The van der Waals surface area contributed by atoms with E-state index in [9.17, 15) is 14.4 Å². The first-order chi connectivity index (χ1) is 17.9. The number of carbonyl (C=O) groups excluding carboxylic acids is 2. The molecule has 2 N–H and O–H groups in total. The number of para-hydroxylation sites is 1. The van der Waals surface area contributed by atoms with Crippen molar-refractivity contribution in [3.05, 3.63) is 107 Å². The van der Waals surface area contributed by atoms with Gasteiger partial charge in [0.2, 0.25) is 11.8 Å². The van der Waals surface area contributed by atoms with Crippen LogP contribution in [0.3, 0.4) is 0 Å². The number of hydrogen-bond acceptors (Lipinski definition) is 4. The van der Waals surface area contributed by atoms with Crippen LogP contribution in [0.25, 0.3) is 5.69 Å². The van der Waals surface area contributed by atoms with Gasteiger partial charge in [0.25, 0.3) is 5.56 Å². The Hall–Kier alpha value is -4.59. The minimum Gasteiger partial charge on any atom is -0.489 e. The van der Waals surface area contributed by atoms with Gasteiger partial charge in [0.1, 0.15) is 18.0 Å². The number of aromatic nitrogens is 2. The number of anilines is 2. The van der Waals surface area contributed by atoms with Crippen molar-refractivity contribution < 1.29 is 14.3 Å². The van der Waals surface area contributed by atoms with Gasteiger partial charge in [0.05, 0.1) is 11.4 Å². The fourth-order valence-electron chi connectivity index (χ4n) is 3.92. The summed E-state index contributed by atoms with van der Waals surface area (Å²) in [6, 6.07) is 26.3. The summed E-state index contributed by atoms with van der Waals surface area (Å²) in [5, 5.41) is 5.55. The zero-order valence-corrected chi connectivity index (χ0v) is 20.9. The van der Waals surface area contributed by atoms with Gasteiger partial charge >= 0.3 is 0 Å². The van der Waals surface area contributed by atoms with Crippen LogP contribution in [-0.2, 0) is 23.2 Å². The molecule has 1 aromatic heterocycles. The van der Waals surface area contributed by atoms with E-state index in [2.05, 4.69) is 10.6 Å². The van der Waals surface area contributed by atoms with Crippen LogP contribution in [-0.4, -0.2) is 21.2 Å². The summed E-state index contributed by atoms with van der Waals surface area (Å²) in [6.07, 6.45) is 0.662. The summed E-state index contributed by atoms with van der Waals surface area (Å²) >= 11 is 0. The SMILES string of the molecule is Cc1c(NC(=O)CCCC(=O)Nc2ccc(OCc3ccccc3)cc2)c(=O)n(-c2ccccc2)n1C. The lowest BCUT2D eigenvalue weighted by Gasteiger charge is -2.09. The Morgan fingerprint density at radius 1 is 0.811 bits per heavy atom. The highest BCUT2D eigenvalue weighted by Crippen LogP contribution is 2.18. The lowest BCUT2D eigenvalue weighted by molar-refractivity contribution is -0.117. The molecular formula is C29H30N4O4. The maximum absolute atomic E-state index is 12.9. The van der Waals surface area contributed by atoms with Crippen molar-refractivity contribution in [2.75, 3.05) is 10.6 Å². The average molecular weight is 499 g/mol. The second-order valence-corrected chi connectivity index (χ2v) is 8.69. The standard InChI is InChI=1S/C29H30N4O4/c1-21-28(29(36)33(32(21)2)24-12-7-4-8-13-24)31-27(35)15-9-14-26(34)30-23-16-18-25(19-17-23)37-20-22-10-5-3-6-11-22/h3-8,10-13,16-19H,9,14-15,20H2,1-2H3,(H,30,34)(H,31,35). The molecule has 0 saturated carbocycles. The molecule has 4 aromatic rings. The Morgan fingerprint density at radius 3 is 2.05 bits per heavy atom. The Kier molecular flexibility index (Phi) is 8.20. The van der Waals surface area contributed by atoms with Crippen molar-refractivity contribution in [1.82, 2.24) is 9.36 Å². The molecular weight excluding hydrogens is 468 g/mol. The number of hydrogen-bond donors (Lipinski definition) is 2. The summed E-state index contributed by atoms with van der Waals surface area (Å²) in [7, 11) is 1.77. The van der Waals surface area contributed by atoms with Crippen LogP contribution in [0.5, 0.6) is 5.75 Å². The van der Waals surface area contributed by atoms with E-state index < -0.39 is 0 Å². The van der Waals surface area contributed by atoms with E-state index in [1.807, 2.05) is 60.7 Å². The van der Waals surface area contributed by atoms with Crippen molar-refractivity contribution in [3.63, 3.8) is 0 Å². The third-order valence-electron chi connectivity index (χ3n) is 6.01. The Balaban J connectivity index is 1.24. The van der Waals surface area contributed by atoms with E-state index in [-0.39, 0.29) is 35.9 Å². The van der Waals surface area contributed by atoms with Crippen LogP contribution in [0.1, 0.15) is 30.5 Å². The number of carbonyl (C=O) groups is 2. The fraction of sp³-hybridized carbons (Fsp3) is 0.207. The van der Waals surface area contributed by atoms with Crippen molar-refractivity contribution in [3.8, 4) is 11.4 Å². The molecule has 0 atom stereocenters. The van der Waals surface area contributed by atoms with Crippen molar-refractivity contribution in [1.29, 1.82) is 0 Å². The third-order valence-corrected chi connectivity index (χ3v) is 6.01. The third kappa shape index (κ3) is 6.55. The van der Waals surface area contributed by atoms with Crippen molar-refractivity contribution >= 4 is 23.2 Å². The van der Waals surface area contributed by atoms with Gasteiger partial charge < -0.3 is 15.4 Å². The summed E-state index contributed by atoms with van der Waals surface area (Å²) in [5.41, 5.74) is 3.04. The highest BCUT2D eigenvalue weighted by atomic mass is 16.5. The normalized spacial score (nSPS) is 10.6. The lowest BCUT2D eigenvalue weighted by Crippen LogP contribution is -2.23. The van der Waals surface area contributed by atoms with Gasteiger partial charge in [-0.1, -0.05) is 48.5 Å². The molecule has 190 valence electrons. The lowest BCUT2D eigenvalue weighted by atomic mass is 10.2. The van der Waals surface area contributed by atoms with E-state index in [0.717, 1.165) is 5.56 Å². The van der Waals surface area contributed by atoms with Crippen LogP contribution in [0, 0.1) is 6.92 Å². The molecule has 3 aromatic carbocycles. The van der Waals surface area contributed by atoms with Gasteiger partial charge in [0, 0.05) is 25.6 Å². The zero-order valence-electron chi connectivity index (χ0n) is 20.9. The second-order valence-electron chi connectivity index (χ2n) is 8.69. The largest absolute Gasteiger partial charge is 0.489 e. The Labute approximate surface area is 215 Å². The van der Waals surface area contributed by atoms with E-state index in [1.54, 1.807) is 42.9 Å². The van der Waals surface area contributed by atoms with Crippen molar-refractivity contribution in [2.45, 2.75) is 32.8 Å². The average Bonchev–Trinajstić information content (AvgIpc) is 3.12. The first-order valence-corrected chi connectivity index (χ1v) is 12.1. The van der Waals surface area contributed by atoms with Crippen LogP contribution in [0.4, 0.5) is 11.4 Å². The minimum absolute atomic E-state index is 0.124. The summed E-state index contributed by atoms with van der Waals surface area (Å²) in [5.74, 6) is 0.216. The highest BCUT2D eigenvalue weighted by molar-refractivity contribution is 5.93. The smallest absolute Gasteiger partial charge is 0.295 e. The molecule has 0 aliphatic heterocycles. The molecule has 0 spiro atoms. The first kappa shape index (κ1) is 25.5. The van der Waals surface area contributed by atoms with Crippen LogP contribution in [0.15, 0.2) is 89.7 Å². The summed E-state index contributed by atoms with van der Waals surface area (Å²) in [6.45, 7) is 2.25. The van der Waals surface area contributed by atoms with Crippen LogP contribution in [0.2, 0.25) is 0 Å². The molecule has 0 unspecified atom stereocenters. The maximum Gasteiger partial charge on any atom is 0.295 e. The molecule has 8 nitrogen and oxygen atoms in total. The summed E-state index contributed by atoms with van der Waals surface area (Å²) in [4.78, 5) is 37.8. The second kappa shape index (κ2) is 11.9. The van der Waals surface area contributed by atoms with Gasteiger partial charge in [-0.25, -0.2) is 4.68 Å². The minimum atomic E-state index is -0.307. The van der Waals surface area contributed by atoms with Gasteiger partial charge in [0.15, 0.2) is 0 Å². The summed E-state index contributed by atoms with van der Waals surface area (Å²) < 4.78 is 8.98. The maximum atomic E-state index is 12.9. The molecule has 0 bridgehead atoms. The van der Waals surface area contributed by atoms with Gasteiger partial charge in [-0.3, -0.25) is 19.1 Å². The first-order valence-electron chi connectivity index (χ1n) is 12.1. The Bertz CT molecular complexity index is 1410. The number of nitrogens with zero attached hydrogens (tertiary/aromatic N) is 2. The predicted molar refractivity (Wildman–Crippen MR) is 144 cm³/mol. The molecule has 8 heteroatoms. The molecule has 0 fully saturated rings. The Morgan fingerprint density at radius 2 is 1.41 bits per heavy atom. The van der Waals surface area contributed by atoms with E-state index in [0.29, 0.717) is 35.8 Å². The zero-order chi connectivity index (χ0) is 26.2. The molecule has 0 aliphatic carbocycles. The monoisotopic (exact) mass is 498 g/mol. The molecule has 0 radical (unpaired) electrons. The molecule has 37 heavy (non-hydrogen) atoms. The van der Waals surface area contributed by atoms with E-state index in [4.69, 9.17) is 4.74 Å². The van der Waals surface area contributed by atoms with Gasteiger partial charge in [-0.15, -0.1) is 0 Å². The molecule has 0 saturated heterocycles. The van der Waals surface area contributed by atoms with Crippen LogP contribution < -0.4 is 20.9 Å².